The van der Waals surface area contributed by atoms with Crippen molar-refractivity contribution < 1.29 is 14.3 Å². The molecule has 0 N–H and O–H groups in total. The summed E-state index contributed by atoms with van der Waals surface area (Å²) in [6.45, 7) is 8.97. The molecule has 86 valence electrons. The van der Waals surface area contributed by atoms with E-state index in [1.165, 1.54) is 6.92 Å². The highest BCUT2D eigenvalue weighted by atomic mass is 16.5. The average molecular weight is 212 g/mol. The molecule has 15 heavy (non-hydrogen) atoms. The van der Waals surface area contributed by atoms with E-state index in [0.717, 1.165) is 5.57 Å². The van der Waals surface area contributed by atoms with E-state index in [4.69, 9.17) is 4.74 Å². The molecule has 0 heterocycles. The first-order chi connectivity index (χ1) is 6.84. The maximum Gasteiger partial charge on any atom is 0.319 e. The Balaban J connectivity index is 4.82. The van der Waals surface area contributed by atoms with Gasteiger partial charge in [-0.25, -0.2) is 0 Å². The van der Waals surface area contributed by atoms with Crippen LogP contribution in [0, 0.1) is 5.41 Å². The van der Waals surface area contributed by atoms with Gasteiger partial charge in [0.15, 0.2) is 0 Å². The van der Waals surface area contributed by atoms with E-state index in [2.05, 4.69) is 0 Å². The largest absolute Gasteiger partial charge is 0.465 e. The lowest BCUT2D eigenvalue weighted by Crippen LogP contribution is -2.36. The monoisotopic (exact) mass is 212 g/mol. The molecule has 3 heteroatoms. The van der Waals surface area contributed by atoms with Crippen LogP contribution in [0.15, 0.2) is 11.6 Å². The second kappa shape index (κ2) is 5.69. The summed E-state index contributed by atoms with van der Waals surface area (Å²) in [5, 5.41) is 0. The first-order valence-electron chi connectivity index (χ1n) is 5.16. The highest BCUT2D eigenvalue weighted by Gasteiger charge is 2.38. The molecule has 1 atom stereocenters. The third kappa shape index (κ3) is 3.86. The minimum atomic E-state index is -1.03. The number of rotatable bonds is 5. The van der Waals surface area contributed by atoms with Crippen molar-refractivity contribution in [3.8, 4) is 0 Å². The minimum absolute atomic E-state index is 0.154. The van der Waals surface area contributed by atoms with Crippen molar-refractivity contribution in [1.29, 1.82) is 0 Å². The van der Waals surface area contributed by atoms with E-state index in [1.807, 2.05) is 19.9 Å². The quantitative estimate of drug-likeness (QED) is 0.399. The number of hydrogen-bond donors (Lipinski definition) is 0. The van der Waals surface area contributed by atoms with Gasteiger partial charge in [0.1, 0.15) is 11.2 Å². The third-order valence-electron chi connectivity index (χ3n) is 2.42. The summed E-state index contributed by atoms with van der Waals surface area (Å²) in [6.07, 6.45) is 2.29. The SMILES string of the molecule is CCOC(=O)C(C)(CC=C(C)C)C(C)=O. The Bertz CT molecular complexity index is 275. The number of hydrogen-bond acceptors (Lipinski definition) is 3. The summed E-state index contributed by atoms with van der Waals surface area (Å²) in [4.78, 5) is 23.1. The van der Waals surface area contributed by atoms with Crippen molar-refractivity contribution in [1.82, 2.24) is 0 Å². The zero-order valence-electron chi connectivity index (χ0n) is 10.2. The van der Waals surface area contributed by atoms with Gasteiger partial charge in [-0.2, -0.15) is 0 Å². The van der Waals surface area contributed by atoms with E-state index < -0.39 is 11.4 Å². The van der Waals surface area contributed by atoms with Crippen molar-refractivity contribution >= 4 is 11.8 Å². The highest BCUT2D eigenvalue weighted by molar-refractivity contribution is 6.02. The Morgan fingerprint density at radius 1 is 1.27 bits per heavy atom. The third-order valence-corrected chi connectivity index (χ3v) is 2.42. The van der Waals surface area contributed by atoms with Gasteiger partial charge in [0.25, 0.3) is 0 Å². The van der Waals surface area contributed by atoms with Crippen LogP contribution in [0.25, 0.3) is 0 Å². The molecule has 0 bridgehead atoms. The maximum atomic E-state index is 11.6. The molecule has 0 saturated heterocycles. The molecule has 3 nitrogen and oxygen atoms in total. The van der Waals surface area contributed by atoms with Gasteiger partial charge in [0, 0.05) is 0 Å². The minimum Gasteiger partial charge on any atom is -0.465 e. The molecule has 0 aliphatic rings. The van der Waals surface area contributed by atoms with Crippen molar-refractivity contribution in [3.63, 3.8) is 0 Å². The lowest BCUT2D eigenvalue weighted by atomic mass is 9.82. The van der Waals surface area contributed by atoms with Gasteiger partial charge in [0.2, 0.25) is 0 Å². The summed E-state index contributed by atoms with van der Waals surface area (Å²) in [5.74, 6) is -0.589. The second-order valence-electron chi connectivity index (χ2n) is 4.09. The number of Topliss-reactive ketones (excluding diaryl/α,β-unsaturated/α-hetero) is 1. The number of carbonyl (C=O) groups excluding carboxylic acids is 2. The van der Waals surface area contributed by atoms with E-state index in [1.54, 1.807) is 13.8 Å². The van der Waals surface area contributed by atoms with Gasteiger partial charge in [0.05, 0.1) is 6.61 Å². The number of ether oxygens (including phenoxy) is 1. The Hall–Kier alpha value is -1.12. The topological polar surface area (TPSA) is 43.4 Å². The van der Waals surface area contributed by atoms with E-state index in [0.29, 0.717) is 13.0 Å². The zero-order valence-corrected chi connectivity index (χ0v) is 10.2. The zero-order chi connectivity index (χ0) is 12.1. The fourth-order valence-electron chi connectivity index (χ4n) is 1.07. The van der Waals surface area contributed by atoms with Crippen LogP contribution in [-0.4, -0.2) is 18.4 Å². The molecule has 1 unspecified atom stereocenters. The summed E-state index contributed by atoms with van der Waals surface area (Å²) < 4.78 is 4.91. The van der Waals surface area contributed by atoms with Gasteiger partial charge < -0.3 is 4.74 Å². The maximum absolute atomic E-state index is 11.6. The second-order valence-corrected chi connectivity index (χ2v) is 4.09. The molecular weight excluding hydrogens is 192 g/mol. The predicted molar refractivity (Wildman–Crippen MR) is 59.5 cm³/mol. The van der Waals surface area contributed by atoms with Crippen LogP contribution in [0.1, 0.15) is 41.0 Å². The Labute approximate surface area is 91.5 Å². The molecule has 0 aliphatic heterocycles. The summed E-state index contributed by atoms with van der Waals surface area (Å²) in [5.41, 5.74) is 0.0552. The Morgan fingerprint density at radius 3 is 2.13 bits per heavy atom. The molecule has 0 rings (SSSR count). The average Bonchev–Trinajstić information content (AvgIpc) is 2.14. The van der Waals surface area contributed by atoms with Gasteiger partial charge >= 0.3 is 5.97 Å². The van der Waals surface area contributed by atoms with Gasteiger partial charge in [-0.3, -0.25) is 9.59 Å². The normalized spacial score (nSPS) is 13.9. The van der Waals surface area contributed by atoms with Crippen LogP contribution in [0.3, 0.4) is 0 Å². The first kappa shape index (κ1) is 13.9. The van der Waals surface area contributed by atoms with Gasteiger partial charge in [-0.1, -0.05) is 11.6 Å². The fraction of sp³-hybridized carbons (Fsp3) is 0.667. The molecule has 0 amide bonds. The van der Waals surface area contributed by atoms with Gasteiger partial charge in [-0.15, -0.1) is 0 Å². The van der Waals surface area contributed by atoms with Crippen molar-refractivity contribution in [2.75, 3.05) is 6.61 Å². The van der Waals surface area contributed by atoms with Crippen LogP contribution in [0.2, 0.25) is 0 Å². The molecule has 0 fully saturated rings. The predicted octanol–water partition coefficient (Wildman–Crippen LogP) is 2.50. The fourth-order valence-corrected chi connectivity index (χ4v) is 1.07. The van der Waals surface area contributed by atoms with Crippen molar-refractivity contribution in [3.05, 3.63) is 11.6 Å². The van der Waals surface area contributed by atoms with Crippen LogP contribution < -0.4 is 0 Å². The van der Waals surface area contributed by atoms with Crippen LogP contribution in [-0.2, 0) is 14.3 Å². The van der Waals surface area contributed by atoms with E-state index in [9.17, 15) is 9.59 Å². The summed E-state index contributed by atoms with van der Waals surface area (Å²) >= 11 is 0. The smallest absolute Gasteiger partial charge is 0.319 e. The van der Waals surface area contributed by atoms with Crippen LogP contribution in [0.4, 0.5) is 0 Å². The first-order valence-corrected chi connectivity index (χ1v) is 5.16. The lowest BCUT2D eigenvalue weighted by Gasteiger charge is -2.22. The van der Waals surface area contributed by atoms with Gasteiger partial charge in [-0.05, 0) is 41.0 Å². The highest BCUT2D eigenvalue weighted by Crippen LogP contribution is 2.26. The number of allylic oxidation sites excluding steroid dienone is 2. The summed E-state index contributed by atoms with van der Waals surface area (Å²) in [6, 6.07) is 0. The molecular formula is C12H20O3. The van der Waals surface area contributed by atoms with E-state index >= 15 is 0 Å². The van der Waals surface area contributed by atoms with Crippen molar-refractivity contribution in [2.45, 2.75) is 41.0 Å². The molecule has 0 aliphatic carbocycles. The number of esters is 1. The summed E-state index contributed by atoms with van der Waals surface area (Å²) in [7, 11) is 0. The molecule has 0 aromatic rings. The lowest BCUT2D eigenvalue weighted by molar-refractivity contribution is -0.158. The van der Waals surface area contributed by atoms with Crippen LogP contribution >= 0.6 is 0 Å². The Kier molecular flexibility index (Phi) is 5.26. The standard InChI is InChI=1S/C12H20O3/c1-6-15-11(14)12(5,10(4)13)8-7-9(2)3/h7H,6,8H2,1-5H3. The van der Waals surface area contributed by atoms with E-state index in [-0.39, 0.29) is 5.78 Å². The number of ketones is 1. The molecule has 0 aromatic heterocycles. The van der Waals surface area contributed by atoms with Crippen molar-refractivity contribution in [2.24, 2.45) is 5.41 Å². The van der Waals surface area contributed by atoms with Crippen LogP contribution in [0.5, 0.6) is 0 Å². The molecule has 0 spiro atoms. The molecule has 0 aromatic carbocycles. The Morgan fingerprint density at radius 2 is 1.80 bits per heavy atom. The molecule has 0 radical (unpaired) electrons. The molecule has 0 saturated carbocycles. The number of carbonyl (C=O) groups is 2.